The van der Waals surface area contributed by atoms with E-state index in [1.807, 2.05) is 0 Å². The standard InChI is InChI=1S/C24H22F3N5O4/c1-13-2-7-16-20(21(13)25)24(36-23(34)29-16)8-9-31(12-24)19(33)11-32-18(28)10-17(30-32)14-3-5-15(6-4-14)35-22(26)27/h2-7,10,22H,8-9,11-12,28H2,1H3,(H,29,34)/t24-/m0/s1. The second-order valence-electron chi connectivity index (χ2n) is 8.71. The number of nitrogens with one attached hydrogen (secondary N) is 1. The summed E-state index contributed by atoms with van der Waals surface area (Å²) >= 11 is 0. The van der Waals surface area contributed by atoms with Crippen molar-refractivity contribution in [2.45, 2.75) is 32.1 Å². The van der Waals surface area contributed by atoms with Gasteiger partial charge in [0.1, 0.15) is 23.9 Å². The number of ether oxygens (including phenoxy) is 2. The summed E-state index contributed by atoms with van der Waals surface area (Å²) in [4.78, 5) is 26.8. The smallest absolute Gasteiger partial charge is 0.412 e. The molecular formula is C24H22F3N5O4. The number of benzene rings is 2. The highest BCUT2D eigenvalue weighted by Gasteiger charge is 2.50. The van der Waals surface area contributed by atoms with E-state index in [1.54, 1.807) is 37.3 Å². The number of likely N-dealkylation sites (tertiary alicyclic amines) is 1. The van der Waals surface area contributed by atoms with Gasteiger partial charge >= 0.3 is 12.7 Å². The fourth-order valence-electron chi connectivity index (χ4n) is 4.61. The quantitative estimate of drug-likeness (QED) is 0.549. The molecule has 1 saturated heterocycles. The molecule has 3 N–H and O–H groups in total. The molecular weight excluding hydrogens is 479 g/mol. The molecule has 2 aromatic carbocycles. The van der Waals surface area contributed by atoms with Crippen LogP contribution in [0, 0.1) is 12.7 Å². The highest BCUT2D eigenvalue weighted by Crippen LogP contribution is 2.44. The number of anilines is 2. The molecule has 36 heavy (non-hydrogen) atoms. The molecule has 1 fully saturated rings. The van der Waals surface area contributed by atoms with E-state index in [1.165, 1.54) is 21.7 Å². The Balaban J connectivity index is 1.33. The topological polar surface area (TPSA) is 112 Å². The van der Waals surface area contributed by atoms with Crippen molar-refractivity contribution in [1.29, 1.82) is 0 Å². The Morgan fingerprint density at radius 1 is 1.28 bits per heavy atom. The van der Waals surface area contributed by atoms with Gasteiger partial charge in [0.25, 0.3) is 0 Å². The van der Waals surface area contributed by atoms with Crippen LogP contribution in [0.25, 0.3) is 11.3 Å². The Morgan fingerprint density at radius 2 is 2.03 bits per heavy atom. The maximum atomic E-state index is 15.1. The number of hydrogen-bond acceptors (Lipinski definition) is 6. The fraction of sp³-hybridized carbons (Fsp3) is 0.292. The molecule has 3 heterocycles. The van der Waals surface area contributed by atoms with Crippen LogP contribution in [0.3, 0.4) is 0 Å². The van der Waals surface area contributed by atoms with Crippen molar-refractivity contribution < 1.29 is 32.2 Å². The fourth-order valence-corrected chi connectivity index (χ4v) is 4.61. The molecule has 0 radical (unpaired) electrons. The third-order valence-electron chi connectivity index (χ3n) is 6.37. The summed E-state index contributed by atoms with van der Waals surface area (Å²) in [5, 5.41) is 6.88. The van der Waals surface area contributed by atoms with Gasteiger partial charge in [0.2, 0.25) is 5.91 Å². The second-order valence-corrected chi connectivity index (χ2v) is 8.71. The molecule has 1 aromatic heterocycles. The average molecular weight is 501 g/mol. The van der Waals surface area contributed by atoms with E-state index in [2.05, 4.69) is 15.2 Å². The maximum absolute atomic E-state index is 15.1. The minimum atomic E-state index is -2.93. The monoisotopic (exact) mass is 501 g/mol. The molecule has 2 aliphatic heterocycles. The molecule has 5 rings (SSSR count). The highest BCUT2D eigenvalue weighted by atomic mass is 19.3. The lowest BCUT2D eigenvalue weighted by molar-refractivity contribution is -0.132. The average Bonchev–Trinajstić information content (AvgIpc) is 3.40. The minimum Gasteiger partial charge on any atom is -0.436 e. The van der Waals surface area contributed by atoms with E-state index in [9.17, 15) is 18.4 Å². The molecule has 0 unspecified atom stereocenters. The van der Waals surface area contributed by atoms with Crippen molar-refractivity contribution in [3.63, 3.8) is 0 Å². The number of aryl methyl sites for hydroxylation is 1. The van der Waals surface area contributed by atoms with E-state index in [0.717, 1.165) is 0 Å². The van der Waals surface area contributed by atoms with Crippen LogP contribution in [-0.4, -0.2) is 46.4 Å². The van der Waals surface area contributed by atoms with Gasteiger partial charge in [0, 0.05) is 24.6 Å². The Labute approximate surface area is 203 Å². The van der Waals surface area contributed by atoms with Crippen LogP contribution in [0.15, 0.2) is 42.5 Å². The van der Waals surface area contributed by atoms with Gasteiger partial charge < -0.3 is 20.1 Å². The second kappa shape index (κ2) is 8.77. The minimum absolute atomic E-state index is 0.00566. The number of nitrogens with two attached hydrogens (primary N) is 1. The Hall–Kier alpha value is -4.22. The first kappa shape index (κ1) is 23.5. The molecule has 12 heteroatoms. The van der Waals surface area contributed by atoms with Crippen LogP contribution in [-0.2, 0) is 21.7 Å². The summed E-state index contributed by atoms with van der Waals surface area (Å²) in [5.41, 5.74) is 6.78. The van der Waals surface area contributed by atoms with Crippen LogP contribution >= 0.6 is 0 Å². The van der Waals surface area contributed by atoms with E-state index in [4.69, 9.17) is 10.5 Å². The van der Waals surface area contributed by atoms with Crippen LogP contribution in [0.4, 0.5) is 29.5 Å². The van der Waals surface area contributed by atoms with Crippen molar-refractivity contribution in [2.24, 2.45) is 0 Å². The van der Waals surface area contributed by atoms with Gasteiger partial charge in [-0.2, -0.15) is 13.9 Å². The van der Waals surface area contributed by atoms with E-state index in [0.29, 0.717) is 22.5 Å². The van der Waals surface area contributed by atoms with Crippen LogP contribution in [0.5, 0.6) is 5.75 Å². The SMILES string of the molecule is Cc1ccc2c(c1F)[C@@]1(CCN(C(=O)Cn3nc(-c4ccc(OC(F)F)cc4)cc3N)C1)OC(=O)N2. The zero-order valence-electron chi connectivity index (χ0n) is 19.1. The Kier molecular flexibility index (Phi) is 5.73. The van der Waals surface area contributed by atoms with E-state index < -0.39 is 24.1 Å². The summed E-state index contributed by atoms with van der Waals surface area (Å²) in [6.45, 7) is -1.26. The zero-order valence-corrected chi connectivity index (χ0v) is 19.1. The summed E-state index contributed by atoms with van der Waals surface area (Å²) < 4.78 is 51.0. The lowest BCUT2D eigenvalue weighted by atomic mass is 9.88. The predicted molar refractivity (Wildman–Crippen MR) is 123 cm³/mol. The molecule has 0 aliphatic carbocycles. The van der Waals surface area contributed by atoms with Crippen molar-refractivity contribution in [2.75, 3.05) is 24.1 Å². The first-order valence-electron chi connectivity index (χ1n) is 11.1. The number of alkyl halides is 2. The number of carbonyl (C=O) groups is 2. The van der Waals surface area contributed by atoms with Gasteiger partial charge in [-0.15, -0.1) is 0 Å². The molecule has 9 nitrogen and oxygen atoms in total. The summed E-state index contributed by atoms with van der Waals surface area (Å²) in [6.07, 6.45) is -0.460. The van der Waals surface area contributed by atoms with Gasteiger partial charge in [-0.1, -0.05) is 6.07 Å². The van der Waals surface area contributed by atoms with E-state index >= 15 is 4.39 Å². The number of hydrogen-bond donors (Lipinski definition) is 2. The third kappa shape index (κ3) is 4.18. The molecule has 2 aliphatic rings. The van der Waals surface area contributed by atoms with Gasteiger partial charge in [-0.3, -0.25) is 10.1 Å². The lowest BCUT2D eigenvalue weighted by Crippen LogP contribution is -2.44. The number of carbonyl (C=O) groups excluding carboxylic acids is 2. The van der Waals surface area contributed by atoms with Crippen molar-refractivity contribution in [3.05, 3.63) is 59.4 Å². The number of nitrogens with zero attached hydrogens (tertiary/aromatic N) is 3. The Bertz CT molecular complexity index is 1340. The molecule has 1 spiro atoms. The molecule has 0 saturated carbocycles. The summed E-state index contributed by atoms with van der Waals surface area (Å²) in [7, 11) is 0. The van der Waals surface area contributed by atoms with Crippen LogP contribution < -0.4 is 15.8 Å². The largest absolute Gasteiger partial charge is 0.436 e. The third-order valence-corrected chi connectivity index (χ3v) is 6.37. The first-order chi connectivity index (χ1) is 17.1. The zero-order chi connectivity index (χ0) is 25.6. The number of halogens is 3. The Morgan fingerprint density at radius 3 is 2.75 bits per heavy atom. The normalized spacial score (nSPS) is 18.8. The predicted octanol–water partition coefficient (Wildman–Crippen LogP) is 3.87. The molecule has 2 amide bonds. The number of nitrogen functional groups attached to an aromatic ring is 1. The number of amides is 2. The van der Waals surface area contributed by atoms with Crippen molar-refractivity contribution in [1.82, 2.24) is 14.7 Å². The number of aromatic nitrogens is 2. The summed E-state index contributed by atoms with van der Waals surface area (Å²) in [5.74, 6) is -0.586. The highest BCUT2D eigenvalue weighted by molar-refractivity contribution is 5.89. The van der Waals surface area contributed by atoms with Crippen LogP contribution in [0.1, 0.15) is 17.5 Å². The summed E-state index contributed by atoms with van der Waals surface area (Å²) in [6, 6.07) is 10.6. The van der Waals surface area contributed by atoms with Gasteiger partial charge in [-0.25, -0.2) is 13.9 Å². The number of rotatable bonds is 5. The molecule has 188 valence electrons. The van der Waals surface area contributed by atoms with Gasteiger partial charge in [-0.05, 0) is 42.8 Å². The molecule has 1 atom stereocenters. The van der Waals surface area contributed by atoms with Crippen molar-refractivity contribution >= 4 is 23.5 Å². The van der Waals surface area contributed by atoms with E-state index in [-0.39, 0.29) is 49.1 Å². The maximum Gasteiger partial charge on any atom is 0.412 e. The van der Waals surface area contributed by atoms with Gasteiger partial charge in [0.15, 0.2) is 5.60 Å². The first-order valence-corrected chi connectivity index (χ1v) is 11.1. The molecule has 0 bridgehead atoms. The van der Waals surface area contributed by atoms with Crippen LogP contribution in [0.2, 0.25) is 0 Å². The molecule has 3 aromatic rings. The van der Waals surface area contributed by atoms with Crippen molar-refractivity contribution in [3.8, 4) is 17.0 Å². The number of fused-ring (bicyclic) bond motifs is 2. The lowest BCUT2D eigenvalue weighted by Gasteiger charge is -2.35. The van der Waals surface area contributed by atoms with Gasteiger partial charge in [0.05, 0.1) is 23.5 Å².